The largest absolute Gasteiger partial charge is 0.388 e. The van der Waals surface area contributed by atoms with E-state index >= 15 is 0 Å². The van der Waals surface area contributed by atoms with E-state index in [0.717, 1.165) is 25.2 Å². The molecule has 5 aliphatic rings. The first-order chi connectivity index (χ1) is 15.1. The highest BCUT2D eigenvalue weighted by Gasteiger charge is 2.66. The molecule has 32 heavy (non-hydrogen) atoms. The molecule has 1 saturated heterocycles. The van der Waals surface area contributed by atoms with E-state index in [1.807, 2.05) is 0 Å². The van der Waals surface area contributed by atoms with Gasteiger partial charge in [-0.15, -0.1) is 0 Å². The molecule has 1 aliphatic heterocycles. The summed E-state index contributed by atoms with van der Waals surface area (Å²) in [5.74, 6) is 3.02. The molecular formula is C27H47NO4. The van der Waals surface area contributed by atoms with Gasteiger partial charge in [0.1, 0.15) is 18.3 Å². The molecule has 4 aliphatic carbocycles. The normalized spacial score (nSPS) is 60.4. The number of aliphatic hydroxyl groups excluding tert-OH is 3. The van der Waals surface area contributed by atoms with Crippen molar-refractivity contribution < 1.29 is 20.1 Å². The van der Waals surface area contributed by atoms with Crippen molar-refractivity contribution in [2.24, 2.45) is 46.2 Å². The minimum atomic E-state index is -1.12. The fraction of sp³-hybridized carbons (Fsp3) is 1.00. The van der Waals surface area contributed by atoms with Gasteiger partial charge in [0.15, 0.2) is 0 Å². The Morgan fingerprint density at radius 1 is 0.875 bits per heavy atom. The predicted octanol–water partition coefficient (Wildman–Crippen LogP) is 3.62. The average Bonchev–Trinajstić information content (AvgIpc) is 3.05. The zero-order valence-corrected chi connectivity index (χ0v) is 20.7. The molecule has 0 spiro atoms. The van der Waals surface area contributed by atoms with Crippen LogP contribution in [0.5, 0.6) is 0 Å². The summed E-state index contributed by atoms with van der Waals surface area (Å²) in [7, 11) is 0. The van der Waals surface area contributed by atoms with Crippen LogP contribution in [-0.4, -0.2) is 51.4 Å². The molecule has 5 nitrogen and oxygen atoms in total. The van der Waals surface area contributed by atoms with E-state index in [9.17, 15) is 15.3 Å². The van der Waals surface area contributed by atoms with Crippen molar-refractivity contribution in [2.45, 2.75) is 128 Å². The monoisotopic (exact) mass is 449 g/mol. The lowest BCUT2D eigenvalue weighted by molar-refractivity contribution is -0.238. The van der Waals surface area contributed by atoms with Crippen molar-refractivity contribution in [3.63, 3.8) is 0 Å². The van der Waals surface area contributed by atoms with Gasteiger partial charge < -0.3 is 25.8 Å². The molecule has 0 radical (unpaired) electrons. The maximum atomic E-state index is 10.7. The third kappa shape index (κ3) is 3.07. The first-order valence-corrected chi connectivity index (χ1v) is 13.6. The minimum absolute atomic E-state index is 0.000221. The summed E-state index contributed by atoms with van der Waals surface area (Å²) in [4.78, 5) is 0. The smallest absolute Gasteiger partial charge is 0.111 e. The summed E-state index contributed by atoms with van der Waals surface area (Å²) in [5.41, 5.74) is 8.02. The molecule has 0 amide bonds. The van der Waals surface area contributed by atoms with Crippen molar-refractivity contribution in [1.29, 1.82) is 0 Å². The summed E-state index contributed by atoms with van der Waals surface area (Å²) in [5, 5.41) is 31.1. The number of hydrogen-bond donors (Lipinski definition) is 4. The maximum absolute atomic E-state index is 10.7. The molecule has 1 unspecified atom stereocenters. The van der Waals surface area contributed by atoms with Crippen LogP contribution in [0.3, 0.4) is 0 Å². The highest BCUT2D eigenvalue weighted by atomic mass is 16.5. The SMILES string of the molecule is CC[C@H]1CC[C@]2(N)[C@@H]3CC[C@@H]4C[C@@H](C5O[C@@H](C)[C@H](O)[C@@H](O)[C@H]5O)CC[C@]4(C)[C@H]3CC[C@]12C. The predicted molar refractivity (Wildman–Crippen MR) is 125 cm³/mol. The first kappa shape index (κ1) is 23.5. The van der Waals surface area contributed by atoms with Crippen LogP contribution in [-0.2, 0) is 4.74 Å². The van der Waals surface area contributed by atoms with E-state index < -0.39 is 24.4 Å². The third-order valence-electron chi connectivity index (χ3n) is 12.1. The molecule has 4 saturated carbocycles. The van der Waals surface area contributed by atoms with Crippen molar-refractivity contribution >= 4 is 0 Å². The number of ether oxygens (including phenoxy) is 1. The third-order valence-corrected chi connectivity index (χ3v) is 12.1. The van der Waals surface area contributed by atoms with E-state index in [2.05, 4.69) is 20.8 Å². The van der Waals surface area contributed by atoms with Gasteiger partial charge in [0.2, 0.25) is 0 Å². The standard InChI is InChI=1S/C27H47NO4/c1-5-17-9-13-27(28)20-7-6-18-14-16(24-23(31)22(30)21(29)15(2)32-24)8-11-25(18,3)19(20)10-12-26(17,27)4/h15-24,29-31H,5-14,28H2,1-4H3/t15-,16-,17-,18+,19-,20+,21-,22+,23+,24?,25-,26+,27-/m0/s1. The van der Waals surface area contributed by atoms with Gasteiger partial charge in [-0.3, -0.25) is 0 Å². The summed E-state index contributed by atoms with van der Waals surface area (Å²) >= 11 is 0. The number of fused-ring (bicyclic) bond motifs is 5. The quantitative estimate of drug-likeness (QED) is 0.516. The lowest BCUT2D eigenvalue weighted by atomic mass is 9.42. The van der Waals surface area contributed by atoms with Gasteiger partial charge in [0, 0.05) is 5.54 Å². The van der Waals surface area contributed by atoms with Crippen LogP contribution in [0.25, 0.3) is 0 Å². The minimum Gasteiger partial charge on any atom is -0.388 e. The highest BCUT2D eigenvalue weighted by molar-refractivity contribution is 5.19. The second kappa shape index (κ2) is 7.91. The molecule has 0 aromatic rings. The molecule has 5 N–H and O–H groups in total. The maximum Gasteiger partial charge on any atom is 0.111 e. The summed E-state index contributed by atoms with van der Waals surface area (Å²) < 4.78 is 6.07. The first-order valence-electron chi connectivity index (χ1n) is 13.6. The van der Waals surface area contributed by atoms with E-state index in [-0.39, 0.29) is 17.6 Å². The molecular weight excluding hydrogens is 402 g/mol. The second-order valence-electron chi connectivity index (χ2n) is 12.9. The topological polar surface area (TPSA) is 95.9 Å². The van der Waals surface area contributed by atoms with Crippen molar-refractivity contribution in [3.8, 4) is 0 Å². The summed E-state index contributed by atoms with van der Waals surface area (Å²) in [6, 6.07) is 0. The Morgan fingerprint density at radius 3 is 2.34 bits per heavy atom. The Kier molecular flexibility index (Phi) is 5.82. The van der Waals surface area contributed by atoms with Crippen molar-refractivity contribution in [1.82, 2.24) is 0 Å². The Balaban J connectivity index is 1.34. The molecule has 0 bridgehead atoms. The van der Waals surface area contributed by atoms with Gasteiger partial charge in [-0.2, -0.15) is 0 Å². The van der Waals surface area contributed by atoms with Crippen LogP contribution in [0.15, 0.2) is 0 Å². The zero-order valence-electron chi connectivity index (χ0n) is 20.7. The van der Waals surface area contributed by atoms with Crippen LogP contribution < -0.4 is 5.73 Å². The second-order valence-corrected chi connectivity index (χ2v) is 12.9. The Labute approximate surface area is 194 Å². The molecule has 184 valence electrons. The van der Waals surface area contributed by atoms with Crippen LogP contribution >= 0.6 is 0 Å². The number of aliphatic hydroxyl groups is 3. The van der Waals surface area contributed by atoms with E-state index in [1.54, 1.807) is 6.92 Å². The lowest BCUT2D eigenvalue weighted by Gasteiger charge is -2.65. The van der Waals surface area contributed by atoms with Crippen LogP contribution in [0.2, 0.25) is 0 Å². The van der Waals surface area contributed by atoms with Gasteiger partial charge in [0.05, 0.1) is 12.2 Å². The lowest BCUT2D eigenvalue weighted by Crippen LogP contribution is -2.66. The molecule has 1 heterocycles. The van der Waals surface area contributed by atoms with Crippen LogP contribution in [0.1, 0.15) is 91.9 Å². The fourth-order valence-electron chi connectivity index (χ4n) is 9.90. The van der Waals surface area contributed by atoms with Crippen LogP contribution in [0.4, 0.5) is 0 Å². The fourth-order valence-corrected chi connectivity index (χ4v) is 9.90. The molecule has 0 aromatic carbocycles. The van der Waals surface area contributed by atoms with Crippen molar-refractivity contribution in [2.75, 3.05) is 0 Å². The molecule has 5 rings (SSSR count). The molecule has 0 aromatic heterocycles. The highest BCUT2D eigenvalue weighted by Crippen LogP contribution is 2.69. The summed E-state index contributed by atoms with van der Waals surface area (Å²) in [6.07, 6.45) is 8.13. The Hall–Kier alpha value is -0.200. The van der Waals surface area contributed by atoms with Gasteiger partial charge in [-0.05, 0) is 105 Å². The Bertz CT molecular complexity index is 718. The number of nitrogens with two attached hydrogens (primary N) is 1. The van der Waals surface area contributed by atoms with E-state index in [1.165, 1.54) is 44.9 Å². The number of hydrogen-bond acceptors (Lipinski definition) is 5. The number of rotatable bonds is 2. The van der Waals surface area contributed by atoms with Gasteiger partial charge in [-0.1, -0.05) is 27.2 Å². The molecule has 5 fully saturated rings. The van der Waals surface area contributed by atoms with Crippen molar-refractivity contribution in [3.05, 3.63) is 0 Å². The average molecular weight is 450 g/mol. The van der Waals surface area contributed by atoms with E-state index in [0.29, 0.717) is 28.6 Å². The Morgan fingerprint density at radius 2 is 1.62 bits per heavy atom. The van der Waals surface area contributed by atoms with Gasteiger partial charge in [-0.25, -0.2) is 0 Å². The van der Waals surface area contributed by atoms with E-state index in [4.69, 9.17) is 10.5 Å². The van der Waals surface area contributed by atoms with Gasteiger partial charge in [0.25, 0.3) is 0 Å². The summed E-state index contributed by atoms with van der Waals surface area (Å²) in [6.45, 7) is 9.21. The zero-order chi connectivity index (χ0) is 23.1. The van der Waals surface area contributed by atoms with Crippen LogP contribution in [0, 0.1) is 40.4 Å². The molecule has 13 atom stereocenters. The molecule has 5 heteroatoms. The van der Waals surface area contributed by atoms with Gasteiger partial charge >= 0.3 is 0 Å².